The molecule has 0 saturated heterocycles. The number of hydrogen-bond donors (Lipinski definition) is 2. The van der Waals surface area contributed by atoms with Gasteiger partial charge in [0.05, 0.1) is 24.9 Å². The summed E-state index contributed by atoms with van der Waals surface area (Å²) >= 11 is 1.39. The van der Waals surface area contributed by atoms with Gasteiger partial charge in [-0.25, -0.2) is 4.98 Å². The number of methoxy groups -OCH3 is 1. The van der Waals surface area contributed by atoms with E-state index in [0.29, 0.717) is 18.0 Å². The summed E-state index contributed by atoms with van der Waals surface area (Å²) in [6.07, 6.45) is 4.06. The number of hydrogen-bond acceptors (Lipinski definition) is 8. The quantitative estimate of drug-likeness (QED) is 0.598. The molecule has 0 aromatic carbocycles. The number of esters is 1. The number of ketones is 1. The molecule has 1 aliphatic heterocycles. The van der Waals surface area contributed by atoms with Crippen molar-refractivity contribution < 1.29 is 14.3 Å². The molecule has 2 aliphatic rings. The van der Waals surface area contributed by atoms with E-state index in [4.69, 9.17) is 16.2 Å². The zero-order valence-electron chi connectivity index (χ0n) is 13.9. The van der Waals surface area contributed by atoms with Crippen LogP contribution in [-0.4, -0.2) is 53.4 Å². The van der Waals surface area contributed by atoms with Crippen molar-refractivity contribution in [2.75, 3.05) is 20.2 Å². The summed E-state index contributed by atoms with van der Waals surface area (Å²) in [5.41, 5.74) is 12.5. The Kier molecular flexibility index (Phi) is 5.00. The smallest absolute Gasteiger partial charge is 0.319 e. The van der Waals surface area contributed by atoms with Crippen molar-refractivity contribution in [1.82, 2.24) is 9.88 Å². The summed E-state index contributed by atoms with van der Waals surface area (Å²) in [6, 6.07) is -0.310. The number of carbonyl (C=O) groups excluding carboxylic acids is 2. The molecule has 2 heterocycles. The molecule has 2 unspecified atom stereocenters. The molecule has 4 N–H and O–H groups in total. The van der Waals surface area contributed by atoms with Crippen LogP contribution in [0.3, 0.4) is 0 Å². The summed E-state index contributed by atoms with van der Waals surface area (Å²) < 4.78 is 4.71. The molecule has 7 nitrogen and oxygen atoms in total. The highest BCUT2D eigenvalue weighted by Crippen LogP contribution is 2.32. The number of ether oxygens (including phenoxy) is 1. The summed E-state index contributed by atoms with van der Waals surface area (Å²) in [4.78, 5) is 31.9. The van der Waals surface area contributed by atoms with Crippen molar-refractivity contribution in [3.05, 3.63) is 15.6 Å². The van der Waals surface area contributed by atoms with Crippen LogP contribution in [0.25, 0.3) is 0 Å². The molecule has 24 heavy (non-hydrogen) atoms. The second-order valence-corrected chi connectivity index (χ2v) is 7.73. The lowest BCUT2D eigenvalue weighted by atomic mass is 9.76. The van der Waals surface area contributed by atoms with Crippen LogP contribution in [-0.2, 0) is 22.5 Å². The van der Waals surface area contributed by atoms with Crippen LogP contribution < -0.4 is 11.5 Å². The average molecular weight is 352 g/mol. The first-order chi connectivity index (χ1) is 11.4. The van der Waals surface area contributed by atoms with Crippen molar-refractivity contribution in [1.29, 1.82) is 0 Å². The first-order valence-electron chi connectivity index (χ1n) is 8.31. The van der Waals surface area contributed by atoms with Crippen LogP contribution in [0.5, 0.6) is 0 Å². The molecule has 8 heteroatoms. The Bertz CT molecular complexity index is 647. The Morgan fingerprint density at radius 3 is 2.96 bits per heavy atom. The fourth-order valence-corrected chi connectivity index (χ4v) is 4.62. The zero-order valence-corrected chi connectivity index (χ0v) is 14.7. The van der Waals surface area contributed by atoms with Gasteiger partial charge in [-0.05, 0) is 12.8 Å². The number of fused-ring (bicyclic) bond motifs is 1. The molecule has 1 aromatic heterocycles. The second kappa shape index (κ2) is 6.87. The Labute approximate surface area is 145 Å². The van der Waals surface area contributed by atoms with E-state index < -0.39 is 5.54 Å². The third-order valence-electron chi connectivity index (χ3n) is 5.02. The van der Waals surface area contributed by atoms with Gasteiger partial charge in [0.15, 0.2) is 5.01 Å². The highest BCUT2D eigenvalue weighted by molar-refractivity contribution is 7.13. The maximum atomic E-state index is 12.9. The van der Waals surface area contributed by atoms with Crippen molar-refractivity contribution in [3.8, 4) is 0 Å². The molecular formula is C16H24N4O3S. The van der Waals surface area contributed by atoms with E-state index in [0.717, 1.165) is 42.8 Å². The van der Waals surface area contributed by atoms with Gasteiger partial charge >= 0.3 is 5.97 Å². The first-order valence-corrected chi connectivity index (χ1v) is 9.12. The fraction of sp³-hybridized carbons (Fsp3) is 0.688. The van der Waals surface area contributed by atoms with E-state index in [2.05, 4.69) is 4.98 Å². The number of rotatable bonds is 4. The van der Waals surface area contributed by atoms with Crippen molar-refractivity contribution in [2.24, 2.45) is 11.5 Å². The highest BCUT2D eigenvalue weighted by Gasteiger charge is 2.43. The number of carbonyl (C=O) groups is 2. The number of Topliss-reactive ketones (excluding diaryl/α,β-unsaturated/α-hetero) is 1. The van der Waals surface area contributed by atoms with E-state index in [1.54, 1.807) is 0 Å². The lowest BCUT2D eigenvalue weighted by Gasteiger charge is -2.36. The molecule has 1 fully saturated rings. The zero-order chi connectivity index (χ0) is 17.3. The minimum Gasteiger partial charge on any atom is -0.468 e. The molecule has 0 amide bonds. The number of nitrogens with zero attached hydrogens (tertiary/aromatic N) is 2. The Morgan fingerprint density at radius 2 is 2.25 bits per heavy atom. The van der Waals surface area contributed by atoms with Gasteiger partial charge in [0, 0.05) is 30.4 Å². The summed E-state index contributed by atoms with van der Waals surface area (Å²) in [6.45, 7) is 1.59. The third kappa shape index (κ3) is 3.23. The normalized spacial score (nSPS) is 27.5. The van der Waals surface area contributed by atoms with Crippen LogP contribution in [0.4, 0.5) is 0 Å². The standard InChI is InChI=1S/C16H24N4O3S/c1-23-13(21)9-20-7-5-10-11(8-20)24-15(19-10)14(22)16(18)6-3-2-4-12(16)17/h12H,2-9,17-18H2,1H3. The molecular weight excluding hydrogens is 328 g/mol. The van der Waals surface area contributed by atoms with Crippen molar-refractivity contribution in [3.63, 3.8) is 0 Å². The van der Waals surface area contributed by atoms with Gasteiger partial charge < -0.3 is 16.2 Å². The average Bonchev–Trinajstić information content (AvgIpc) is 3.00. The molecule has 1 saturated carbocycles. The van der Waals surface area contributed by atoms with Crippen LogP contribution in [0.1, 0.15) is 46.1 Å². The number of aromatic nitrogens is 1. The highest BCUT2D eigenvalue weighted by atomic mass is 32.1. The van der Waals surface area contributed by atoms with E-state index in [9.17, 15) is 9.59 Å². The maximum absolute atomic E-state index is 12.9. The van der Waals surface area contributed by atoms with Crippen LogP contribution in [0, 0.1) is 0 Å². The van der Waals surface area contributed by atoms with Crippen molar-refractivity contribution in [2.45, 2.75) is 50.2 Å². The summed E-state index contributed by atoms with van der Waals surface area (Å²) in [5.74, 6) is -0.387. The van der Waals surface area contributed by atoms with Gasteiger partial charge in [0.25, 0.3) is 0 Å². The molecule has 0 spiro atoms. The Morgan fingerprint density at radius 1 is 1.46 bits per heavy atom. The fourth-order valence-electron chi connectivity index (χ4n) is 3.43. The SMILES string of the molecule is COC(=O)CN1CCc2nc(C(=O)C3(N)CCCCC3N)sc2C1. The van der Waals surface area contributed by atoms with Gasteiger partial charge in [0.1, 0.15) is 0 Å². The largest absolute Gasteiger partial charge is 0.468 e. The van der Waals surface area contributed by atoms with Gasteiger partial charge in [0.2, 0.25) is 5.78 Å². The minimum absolute atomic E-state index is 0.131. The number of thiazole rings is 1. The third-order valence-corrected chi connectivity index (χ3v) is 6.11. The summed E-state index contributed by atoms with van der Waals surface area (Å²) in [5, 5.41) is 0.458. The van der Waals surface area contributed by atoms with Gasteiger partial charge in [-0.1, -0.05) is 12.8 Å². The molecule has 0 bridgehead atoms. The van der Waals surface area contributed by atoms with Gasteiger partial charge in [-0.3, -0.25) is 14.5 Å². The van der Waals surface area contributed by atoms with Crippen LogP contribution in [0.2, 0.25) is 0 Å². The molecule has 1 aliphatic carbocycles. The topological polar surface area (TPSA) is 112 Å². The lowest BCUT2D eigenvalue weighted by Crippen LogP contribution is -2.62. The molecule has 0 radical (unpaired) electrons. The number of nitrogens with two attached hydrogens (primary N) is 2. The van der Waals surface area contributed by atoms with E-state index >= 15 is 0 Å². The predicted molar refractivity (Wildman–Crippen MR) is 90.8 cm³/mol. The summed E-state index contributed by atoms with van der Waals surface area (Å²) in [7, 11) is 1.38. The van der Waals surface area contributed by atoms with Gasteiger partial charge in [-0.15, -0.1) is 11.3 Å². The van der Waals surface area contributed by atoms with E-state index in [1.807, 2.05) is 4.90 Å². The van der Waals surface area contributed by atoms with Crippen molar-refractivity contribution >= 4 is 23.1 Å². The van der Waals surface area contributed by atoms with Gasteiger partial charge in [-0.2, -0.15) is 0 Å². The Balaban J connectivity index is 1.76. The molecule has 132 valence electrons. The van der Waals surface area contributed by atoms with E-state index in [1.165, 1.54) is 18.4 Å². The van der Waals surface area contributed by atoms with Crippen LogP contribution in [0.15, 0.2) is 0 Å². The van der Waals surface area contributed by atoms with Crippen LogP contribution >= 0.6 is 11.3 Å². The maximum Gasteiger partial charge on any atom is 0.319 e. The van der Waals surface area contributed by atoms with E-state index in [-0.39, 0.29) is 24.3 Å². The Hall–Kier alpha value is -1.35. The first kappa shape index (κ1) is 17.5. The minimum atomic E-state index is -0.996. The molecule has 2 atom stereocenters. The monoisotopic (exact) mass is 352 g/mol. The molecule has 3 rings (SSSR count). The lowest BCUT2D eigenvalue weighted by molar-refractivity contribution is -0.142. The second-order valence-electron chi connectivity index (χ2n) is 6.65. The predicted octanol–water partition coefficient (Wildman–Crippen LogP) is 0.456. The molecule has 1 aromatic rings.